The third-order valence-electron chi connectivity index (χ3n) is 6.11. The Labute approximate surface area is 213 Å². The first-order valence-corrected chi connectivity index (χ1v) is 13.2. The minimum atomic E-state index is -3.84. The average molecular weight is 536 g/mol. The van der Waals surface area contributed by atoms with Crippen LogP contribution in [-0.2, 0) is 26.2 Å². The molecule has 0 bridgehead atoms. The zero-order valence-corrected chi connectivity index (χ0v) is 21.1. The molecule has 0 aliphatic carbocycles. The molecule has 1 fully saturated rings. The Kier molecular flexibility index (Phi) is 7.62. The Bertz CT molecular complexity index is 1270. The molecule has 2 aliphatic rings. The van der Waals surface area contributed by atoms with Gasteiger partial charge in [0.05, 0.1) is 17.5 Å². The van der Waals surface area contributed by atoms with Crippen molar-refractivity contribution < 1.29 is 18.0 Å². The molecule has 2 aliphatic heterocycles. The predicted octanol–water partition coefficient (Wildman–Crippen LogP) is 3.63. The van der Waals surface area contributed by atoms with Crippen molar-refractivity contribution in [2.45, 2.75) is 42.7 Å². The van der Waals surface area contributed by atoms with Gasteiger partial charge in [-0.3, -0.25) is 9.78 Å². The summed E-state index contributed by atoms with van der Waals surface area (Å²) in [7, 11) is -3.84. The molecule has 1 aromatic heterocycles. The van der Waals surface area contributed by atoms with Crippen molar-refractivity contribution in [2.24, 2.45) is 5.16 Å². The summed E-state index contributed by atoms with van der Waals surface area (Å²) in [6.07, 6.45) is 4.51. The quantitative estimate of drug-likeness (QED) is 0.534. The van der Waals surface area contributed by atoms with Crippen molar-refractivity contribution in [3.8, 4) is 6.07 Å². The second-order valence-electron chi connectivity index (χ2n) is 8.46. The number of aromatic nitrogens is 1. The van der Waals surface area contributed by atoms with Crippen LogP contribution in [0.15, 0.2) is 52.8 Å². The van der Waals surface area contributed by atoms with Crippen LogP contribution in [0, 0.1) is 11.3 Å². The molecule has 0 saturated carbocycles. The Hall–Kier alpha value is -2.71. The molecule has 0 N–H and O–H groups in total. The van der Waals surface area contributed by atoms with E-state index >= 15 is 0 Å². The molecule has 0 unspecified atom stereocenters. The number of oxime groups is 1. The van der Waals surface area contributed by atoms with Crippen LogP contribution in [0.25, 0.3) is 0 Å². The van der Waals surface area contributed by atoms with E-state index in [0.29, 0.717) is 19.4 Å². The number of piperidine rings is 1. The van der Waals surface area contributed by atoms with Crippen LogP contribution in [0.2, 0.25) is 10.0 Å². The highest BCUT2D eigenvalue weighted by Gasteiger charge is 2.46. The van der Waals surface area contributed by atoms with E-state index in [2.05, 4.69) is 16.2 Å². The van der Waals surface area contributed by atoms with Crippen LogP contribution in [0.1, 0.15) is 31.2 Å². The van der Waals surface area contributed by atoms with Gasteiger partial charge in [0.2, 0.25) is 10.0 Å². The van der Waals surface area contributed by atoms with Gasteiger partial charge in [-0.25, -0.2) is 8.42 Å². The number of halogens is 2. The predicted molar refractivity (Wildman–Crippen MR) is 130 cm³/mol. The van der Waals surface area contributed by atoms with Gasteiger partial charge in [0, 0.05) is 62.9 Å². The summed E-state index contributed by atoms with van der Waals surface area (Å²) in [5.74, 6) is -0.304. The number of nitrogens with zero attached hydrogens (tertiary/aromatic N) is 5. The highest BCUT2D eigenvalue weighted by Crippen LogP contribution is 2.37. The van der Waals surface area contributed by atoms with Crippen molar-refractivity contribution in [3.63, 3.8) is 0 Å². The van der Waals surface area contributed by atoms with Crippen molar-refractivity contribution in [1.82, 2.24) is 14.2 Å². The van der Waals surface area contributed by atoms with Crippen LogP contribution in [-0.4, -0.2) is 59.5 Å². The SMILES string of the molecule is N#CCCN(Cc1cccnc1)C(=O)C1=NOC2(CCN(S(=O)(=O)c3cc(Cl)ccc3Cl)CC2)C1. The fourth-order valence-electron chi connectivity index (χ4n) is 4.18. The lowest BCUT2D eigenvalue weighted by molar-refractivity contribution is -0.124. The van der Waals surface area contributed by atoms with Gasteiger partial charge in [-0.2, -0.15) is 9.57 Å². The first-order valence-electron chi connectivity index (χ1n) is 11.0. The summed E-state index contributed by atoms with van der Waals surface area (Å²) < 4.78 is 27.6. The molecule has 1 saturated heterocycles. The number of hydrogen-bond acceptors (Lipinski definition) is 7. The zero-order chi connectivity index (χ0) is 25.1. The molecule has 184 valence electrons. The monoisotopic (exact) mass is 535 g/mol. The molecule has 0 atom stereocenters. The summed E-state index contributed by atoms with van der Waals surface area (Å²) in [6.45, 7) is 0.932. The smallest absolute Gasteiger partial charge is 0.272 e. The van der Waals surface area contributed by atoms with E-state index in [4.69, 9.17) is 33.3 Å². The Morgan fingerprint density at radius 2 is 2.03 bits per heavy atom. The van der Waals surface area contributed by atoms with E-state index < -0.39 is 15.6 Å². The van der Waals surface area contributed by atoms with E-state index in [0.717, 1.165) is 5.56 Å². The average Bonchev–Trinajstić information content (AvgIpc) is 3.27. The number of nitriles is 1. The van der Waals surface area contributed by atoms with Gasteiger partial charge < -0.3 is 9.74 Å². The maximum atomic E-state index is 13.2. The van der Waals surface area contributed by atoms with Crippen LogP contribution in [0.3, 0.4) is 0 Å². The van der Waals surface area contributed by atoms with E-state index in [1.54, 1.807) is 23.4 Å². The molecular formula is C23H23Cl2N5O4S. The van der Waals surface area contributed by atoms with Crippen molar-refractivity contribution in [1.29, 1.82) is 5.26 Å². The molecule has 35 heavy (non-hydrogen) atoms. The molecule has 0 radical (unpaired) electrons. The highest BCUT2D eigenvalue weighted by atomic mass is 35.5. The second kappa shape index (κ2) is 10.5. The molecule has 3 heterocycles. The number of pyridine rings is 1. The number of sulfonamides is 1. The summed E-state index contributed by atoms with van der Waals surface area (Å²) in [4.78, 5) is 24.5. The van der Waals surface area contributed by atoms with Crippen LogP contribution >= 0.6 is 23.2 Å². The van der Waals surface area contributed by atoms with E-state index in [1.165, 1.54) is 22.5 Å². The first kappa shape index (κ1) is 25.4. The minimum Gasteiger partial charge on any atom is -0.388 e. The molecule has 1 spiro atoms. The lowest BCUT2D eigenvalue weighted by Gasteiger charge is -2.36. The van der Waals surface area contributed by atoms with E-state index in [-0.39, 0.29) is 59.0 Å². The standard InChI is InChI=1S/C23H23Cl2N5O4S/c24-18-4-5-19(25)21(13-18)35(32,33)30-11-6-23(7-12-30)14-20(28-34-23)22(31)29(10-2-8-26)16-17-3-1-9-27-15-17/h1,3-5,9,13,15H,2,6-7,10-12,14,16H2. The van der Waals surface area contributed by atoms with Gasteiger partial charge >= 0.3 is 0 Å². The lowest BCUT2D eigenvalue weighted by atomic mass is 9.87. The Morgan fingerprint density at radius 1 is 1.26 bits per heavy atom. The van der Waals surface area contributed by atoms with Crippen molar-refractivity contribution in [2.75, 3.05) is 19.6 Å². The maximum Gasteiger partial charge on any atom is 0.272 e. The Balaban J connectivity index is 1.42. The fraction of sp³-hybridized carbons (Fsp3) is 0.391. The van der Waals surface area contributed by atoms with Crippen LogP contribution in [0.4, 0.5) is 0 Å². The molecule has 9 nitrogen and oxygen atoms in total. The lowest BCUT2D eigenvalue weighted by Crippen LogP contribution is -2.47. The molecule has 1 amide bonds. The normalized spacial score (nSPS) is 17.5. The number of hydrogen-bond donors (Lipinski definition) is 0. The highest BCUT2D eigenvalue weighted by molar-refractivity contribution is 7.89. The third-order valence-corrected chi connectivity index (χ3v) is 8.72. The Morgan fingerprint density at radius 3 is 2.71 bits per heavy atom. The molecule has 4 rings (SSSR count). The number of carbonyl (C=O) groups excluding carboxylic acids is 1. The van der Waals surface area contributed by atoms with Gasteiger partial charge in [-0.1, -0.05) is 34.4 Å². The van der Waals surface area contributed by atoms with Gasteiger partial charge in [-0.15, -0.1) is 0 Å². The maximum absolute atomic E-state index is 13.2. The largest absolute Gasteiger partial charge is 0.388 e. The summed E-state index contributed by atoms with van der Waals surface area (Å²) in [6, 6.07) is 10.0. The van der Waals surface area contributed by atoms with Crippen LogP contribution < -0.4 is 0 Å². The van der Waals surface area contributed by atoms with Gasteiger partial charge in [-0.05, 0) is 29.8 Å². The van der Waals surface area contributed by atoms with Gasteiger partial charge in [0.1, 0.15) is 16.2 Å². The van der Waals surface area contributed by atoms with Crippen molar-refractivity contribution in [3.05, 3.63) is 58.3 Å². The molecule has 1 aromatic carbocycles. The van der Waals surface area contributed by atoms with E-state index in [1.807, 2.05) is 6.07 Å². The number of amides is 1. The third kappa shape index (κ3) is 5.59. The minimum absolute atomic E-state index is 0.0365. The summed E-state index contributed by atoms with van der Waals surface area (Å²) in [5.41, 5.74) is 0.358. The summed E-state index contributed by atoms with van der Waals surface area (Å²) in [5, 5.41) is 13.5. The number of benzene rings is 1. The molecular weight excluding hydrogens is 513 g/mol. The van der Waals surface area contributed by atoms with Gasteiger partial charge in [0.15, 0.2) is 0 Å². The van der Waals surface area contributed by atoms with Crippen molar-refractivity contribution >= 4 is 44.8 Å². The van der Waals surface area contributed by atoms with Crippen LogP contribution in [0.5, 0.6) is 0 Å². The molecule has 2 aromatic rings. The number of carbonyl (C=O) groups is 1. The summed E-state index contributed by atoms with van der Waals surface area (Å²) >= 11 is 12.1. The topological polar surface area (TPSA) is 116 Å². The fourth-order valence-corrected chi connectivity index (χ4v) is 6.36. The zero-order valence-electron chi connectivity index (χ0n) is 18.7. The second-order valence-corrected chi connectivity index (χ2v) is 11.2. The van der Waals surface area contributed by atoms with Gasteiger partial charge in [0.25, 0.3) is 5.91 Å². The molecule has 12 heteroatoms. The first-order chi connectivity index (χ1) is 16.7. The number of rotatable bonds is 7. The van der Waals surface area contributed by atoms with E-state index in [9.17, 15) is 13.2 Å².